The number of carbonyl (C=O) groups is 2. The number of likely N-dealkylation sites (N-methyl/N-ethyl adjacent to an activating group) is 1. The maximum atomic E-state index is 13.9. The molecule has 1 fully saturated rings. The average Bonchev–Trinajstić information content (AvgIpc) is 2.69. The molecule has 0 aromatic heterocycles. The lowest BCUT2D eigenvalue weighted by molar-refractivity contribution is -0.133. The first-order valence-electron chi connectivity index (χ1n) is 9.05. The summed E-state index contributed by atoms with van der Waals surface area (Å²) in [6, 6.07) is 10.4. The van der Waals surface area contributed by atoms with Crippen molar-refractivity contribution in [3.05, 3.63) is 59.7 Å². The molecule has 0 unspecified atom stereocenters. The van der Waals surface area contributed by atoms with Crippen molar-refractivity contribution in [1.29, 1.82) is 0 Å². The van der Waals surface area contributed by atoms with Gasteiger partial charge in [0.15, 0.2) is 11.6 Å². The van der Waals surface area contributed by atoms with Crippen LogP contribution in [0.4, 0.5) is 8.78 Å². The maximum Gasteiger partial charge on any atom is 0.253 e. The minimum Gasteiger partial charge on any atom is -0.341 e. The Bertz CT molecular complexity index is 837. The van der Waals surface area contributed by atoms with Crippen LogP contribution in [0.15, 0.2) is 42.5 Å². The first-order valence-corrected chi connectivity index (χ1v) is 9.05. The van der Waals surface area contributed by atoms with Gasteiger partial charge in [0, 0.05) is 44.2 Å². The lowest BCUT2D eigenvalue weighted by atomic mass is 10.0. The van der Waals surface area contributed by atoms with Gasteiger partial charge in [0.25, 0.3) is 5.91 Å². The molecule has 0 saturated carbocycles. The van der Waals surface area contributed by atoms with Gasteiger partial charge in [-0.15, -0.1) is 0 Å². The molecule has 142 valence electrons. The van der Waals surface area contributed by atoms with Crippen molar-refractivity contribution in [3.8, 4) is 11.1 Å². The highest BCUT2D eigenvalue weighted by atomic mass is 19.2. The predicted octanol–water partition coefficient (Wildman–Crippen LogP) is 3.72. The number of amides is 2. The number of rotatable bonds is 5. The molecule has 0 spiro atoms. The Kier molecular flexibility index (Phi) is 5.84. The SMILES string of the molecule is CN(CCN1CCCCC1=O)C(=O)c1ccc(-c2cccc(F)c2F)cc1. The Balaban J connectivity index is 1.64. The molecule has 4 nitrogen and oxygen atoms in total. The van der Waals surface area contributed by atoms with E-state index in [9.17, 15) is 18.4 Å². The number of hydrogen-bond acceptors (Lipinski definition) is 2. The van der Waals surface area contributed by atoms with E-state index in [2.05, 4.69) is 0 Å². The van der Waals surface area contributed by atoms with E-state index in [1.165, 1.54) is 12.1 Å². The summed E-state index contributed by atoms with van der Waals surface area (Å²) in [5, 5.41) is 0. The first kappa shape index (κ1) is 19.0. The highest BCUT2D eigenvalue weighted by molar-refractivity contribution is 5.94. The van der Waals surface area contributed by atoms with E-state index < -0.39 is 11.6 Å². The number of likely N-dealkylation sites (tertiary alicyclic amines) is 1. The summed E-state index contributed by atoms with van der Waals surface area (Å²) in [6.45, 7) is 1.72. The molecule has 6 heteroatoms. The van der Waals surface area contributed by atoms with Gasteiger partial charge in [0.2, 0.25) is 5.91 Å². The van der Waals surface area contributed by atoms with Gasteiger partial charge in [-0.2, -0.15) is 0 Å². The summed E-state index contributed by atoms with van der Waals surface area (Å²) in [4.78, 5) is 27.8. The summed E-state index contributed by atoms with van der Waals surface area (Å²) in [6.07, 6.45) is 2.51. The fourth-order valence-electron chi connectivity index (χ4n) is 3.21. The second-order valence-electron chi connectivity index (χ2n) is 6.74. The normalized spacial score (nSPS) is 14.3. The predicted molar refractivity (Wildman–Crippen MR) is 99.2 cm³/mol. The van der Waals surface area contributed by atoms with Gasteiger partial charge in [-0.3, -0.25) is 9.59 Å². The average molecular weight is 372 g/mol. The van der Waals surface area contributed by atoms with Gasteiger partial charge in [0.1, 0.15) is 0 Å². The fourth-order valence-corrected chi connectivity index (χ4v) is 3.21. The number of nitrogens with zero attached hydrogens (tertiary/aromatic N) is 2. The molecule has 0 N–H and O–H groups in total. The molecule has 2 amide bonds. The Morgan fingerprint density at radius 1 is 1.11 bits per heavy atom. The van der Waals surface area contributed by atoms with Crippen molar-refractivity contribution in [3.63, 3.8) is 0 Å². The summed E-state index contributed by atoms with van der Waals surface area (Å²) >= 11 is 0. The van der Waals surface area contributed by atoms with Gasteiger partial charge in [-0.25, -0.2) is 8.78 Å². The van der Waals surface area contributed by atoms with Crippen molar-refractivity contribution in [2.45, 2.75) is 19.3 Å². The molecule has 1 saturated heterocycles. The van der Waals surface area contributed by atoms with Gasteiger partial charge in [-0.05, 0) is 36.6 Å². The molecule has 3 rings (SSSR count). The van der Waals surface area contributed by atoms with Crippen LogP contribution < -0.4 is 0 Å². The Morgan fingerprint density at radius 3 is 2.56 bits per heavy atom. The minimum atomic E-state index is -0.903. The standard InChI is InChI=1S/C21H22F2N2O2/c1-24(13-14-25-12-3-2-7-19(25)26)21(27)16-10-8-15(9-11-16)17-5-4-6-18(22)20(17)23/h4-6,8-11H,2-3,7,12-14H2,1H3. The molecule has 0 atom stereocenters. The Labute approximate surface area is 157 Å². The van der Waals surface area contributed by atoms with Crippen LogP contribution in [0.2, 0.25) is 0 Å². The molecule has 0 bridgehead atoms. The smallest absolute Gasteiger partial charge is 0.253 e. The topological polar surface area (TPSA) is 40.6 Å². The van der Waals surface area contributed by atoms with E-state index in [1.54, 1.807) is 41.1 Å². The molecule has 2 aromatic rings. The van der Waals surface area contributed by atoms with Crippen molar-refractivity contribution >= 4 is 11.8 Å². The van der Waals surface area contributed by atoms with Crippen molar-refractivity contribution in [2.24, 2.45) is 0 Å². The molecule has 1 heterocycles. The highest BCUT2D eigenvalue weighted by Gasteiger charge is 2.19. The Morgan fingerprint density at radius 2 is 1.85 bits per heavy atom. The van der Waals surface area contributed by atoms with E-state index in [0.29, 0.717) is 30.6 Å². The van der Waals surface area contributed by atoms with E-state index in [1.807, 2.05) is 0 Å². The van der Waals surface area contributed by atoms with E-state index in [4.69, 9.17) is 0 Å². The highest BCUT2D eigenvalue weighted by Crippen LogP contribution is 2.25. The molecular weight excluding hydrogens is 350 g/mol. The van der Waals surface area contributed by atoms with Gasteiger partial charge in [0.05, 0.1) is 0 Å². The van der Waals surface area contributed by atoms with Crippen LogP contribution in [-0.4, -0.2) is 48.3 Å². The molecule has 27 heavy (non-hydrogen) atoms. The van der Waals surface area contributed by atoms with Gasteiger partial charge < -0.3 is 9.80 Å². The largest absolute Gasteiger partial charge is 0.341 e. The van der Waals surface area contributed by atoms with E-state index >= 15 is 0 Å². The minimum absolute atomic E-state index is 0.142. The zero-order valence-electron chi connectivity index (χ0n) is 15.3. The first-order chi connectivity index (χ1) is 13.0. The van der Waals surface area contributed by atoms with Gasteiger partial charge in [-0.1, -0.05) is 24.3 Å². The van der Waals surface area contributed by atoms with Crippen molar-refractivity contribution in [2.75, 3.05) is 26.7 Å². The molecule has 1 aliphatic rings. The van der Waals surface area contributed by atoms with Crippen LogP contribution in [0.5, 0.6) is 0 Å². The van der Waals surface area contributed by atoms with Crippen LogP contribution in [0.1, 0.15) is 29.6 Å². The zero-order chi connectivity index (χ0) is 19.4. The quantitative estimate of drug-likeness (QED) is 0.803. The van der Waals surface area contributed by atoms with Crippen LogP contribution in [0, 0.1) is 11.6 Å². The summed E-state index contributed by atoms with van der Waals surface area (Å²) in [5.74, 6) is -1.84. The lowest BCUT2D eigenvalue weighted by Gasteiger charge is -2.28. The third-order valence-corrected chi connectivity index (χ3v) is 4.87. The maximum absolute atomic E-state index is 13.9. The zero-order valence-corrected chi connectivity index (χ0v) is 15.3. The monoisotopic (exact) mass is 372 g/mol. The fraction of sp³-hybridized carbons (Fsp3) is 0.333. The van der Waals surface area contributed by atoms with E-state index in [-0.39, 0.29) is 17.4 Å². The number of piperidine rings is 1. The van der Waals surface area contributed by atoms with Crippen LogP contribution in [0.25, 0.3) is 11.1 Å². The van der Waals surface area contributed by atoms with Gasteiger partial charge >= 0.3 is 0 Å². The lowest BCUT2D eigenvalue weighted by Crippen LogP contribution is -2.41. The number of carbonyl (C=O) groups excluding carboxylic acids is 2. The molecule has 2 aromatic carbocycles. The van der Waals surface area contributed by atoms with Crippen molar-refractivity contribution < 1.29 is 18.4 Å². The van der Waals surface area contributed by atoms with Crippen LogP contribution in [0.3, 0.4) is 0 Å². The second-order valence-corrected chi connectivity index (χ2v) is 6.74. The summed E-state index contributed by atoms with van der Waals surface area (Å²) in [5.41, 5.74) is 1.12. The van der Waals surface area contributed by atoms with Crippen LogP contribution in [-0.2, 0) is 4.79 Å². The number of benzene rings is 2. The van der Waals surface area contributed by atoms with Crippen molar-refractivity contribution in [1.82, 2.24) is 9.80 Å². The molecular formula is C21H22F2N2O2. The summed E-state index contributed by atoms with van der Waals surface area (Å²) < 4.78 is 27.3. The summed E-state index contributed by atoms with van der Waals surface area (Å²) in [7, 11) is 1.69. The number of hydrogen-bond donors (Lipinski definition) is 0. The second kappa shape index (κ2) is 8.29. The van der Waals surface area contributed by atoms with E-state index in [0.717, 1.165) is 25.5 Å². The molecule has 0 radical (unpaired) electrons. The Hall–Kier alpha value is -2.76. The third-order valence-electron chi connectivity index (χ3n) is 4.87. The third kappa shape index (κ3) is 4.32. The van der Waals surface area contributed by atoms with Crippen LogP contribution >= 0.6 is 0 Å². The number of halogens is 2. The molecule has 1 aliphatic heterocycles. The molecule has 0 aliphatic carbocycles.